The van der Waals surface area contributed by atoms with Crippen LogP contribution < -0.4 is 0 Å². The van der Waals surface area contributed by atoms with Gasteiger partial charge < -0.3 is 10.0 Å². The van der Waals surface area contributed by atoms with Gasteiger partial charge in [0.2, 0.25) is 0 Å². The highest BCUT2D eigenvalue weighted by atomic mass is 32.1. The van der Waals surface area contributed by atoms with Gasteiger partial charge in [0.05, 0.1) is 4.88 Å². The molecule has 1 aromatic carbocycles. The van der Waals surface area contributed by atoms with Crippen molar-refractivity contribution >= 4 is 23.2 Å². The predicted molar refractivity (Wildman–Crippen MR) is 112 cm³/mol. The summed E-state index contributed by atoms with van der Waals surface area (Å²) in [4.78, 5) is 26.9. The van der Waals surface area contributed by atoms with Gasteiger partial charge in [-0.3, -0.25) is 9.69 Å². The molecule has 1 amide bonds. The number of aliphatic carboxylic acids is 1. The number of carboxylic acid groups (broad SMARTS) is 1. The number of likely N-dealkylation sites (tertiary alicyclic amines) is 2. The first kappa shape index (κ1) is 24.2. The molecular weight excluding hydrogens is 448 g/mol. The zero-order chi connectivity index (χ0) is 23.4. The van der Waals surface area contributed by atoms with Crippen molar-refractivity contribution in [1.29, 1.82) is 0 Å². The molecule has 1 spiro atoms. The van der Waals surface area contributed by atoms with Crippen LogP contribution in [-0.2, 0) is 11.3 Å². The van der Waals surface area contributed by atoms with E-state index in [1.54, 1.807) is 0 Å². The second-order valence-electron chi connectivity index (χ2n) is 8.20. The molecule has 2 fully saturated rings. The summed E-state index contributed by atoms with van der Waals surface area (Å²) in [6.45, 7) is 4.68. The summed E-state index contributed by atoms with van der Waals surface area (Å²) in [5.41, 5.74) is 1.38. The Hall–Kier alpha value is -2.46. The van der Waals surface area contributed by atoms with Crippen LogP contribution in [0.3, 0.4) is 0 Å². The average Bonchev–Trinajstić information content (AvgIpc) is 3.40. The van der Waals surface area contributed by atoms with E-state index < -0.39 is 12.1 Å². The highest BCUT2D eigenvalue weighted by Crippen LogP contribution is 2.40. The topological polar surface area (TPSA) is 60.9 Å². The fourth-order valence-corrected chi connectivity index (χ4v) is 4.97. The van der Waals surface area contributed by atoms with Gasteiger partial charge in [0.15, 0.2) is 0 Å². The molecule has 2 saturated heterocycles. The molecule has 4 rings (SSSR count). The number of hydrogen-bond donors (Lipinski definition) is 1. The highest BCUT2D eigenvalue weighted by Gasteiger charge is 2.42. The second-order valence-corrected chi connectivity index (χ2v) is 9.15. The maximum Gasteiger partial charge on any atom is 0.490 e. The maximum absolute atomic E-state index is 13.1. The van der Waals surface area contributed by atoms with Crippen LogP contribution in [0.25, 0.3) is 0 Å². The lowest BCUT2D eigenvalue weighted by atomic mass is 9.79. The van der Waals surface area contributed by atoms with Crippen LogP contribution in [0.1, 0.15) is 34.5 Å². The number of thiophene rings is 1. The van der Waals surface area contributed by atoms with Crippen molar-refractivity contribution in [2.45, 2.75) is 32.0 Å². The van der Waals surface area contributed by atoms with E-state index >= 15 is 0 Å². The van der Waals surface area contributed by atoms with Gasteiger partial charge >= 0.3 is 12.1 Å². The van der Waals surface area contributed by atoms with E-state index in [0.29, 0.717) is 0 Å². The molecule has 2 aliphatic heterocycles. The van der Waals surface area contributed by atoms with E-state index in [4.69, 9.17) is 9.90 Å². The summed E-state index contributed by atoms with van der Waals surface area (Å²) >= 11 is 1.53. The lowest BCUT2D eigenvalue weighted by molar-refractivity contribution is -0.192. The zero-order valence-electron chi connectivity index (χ0n) is 17.3. The Balaban J connectivity index is 0.000000360. The van der Waals surface area contributed by atoms with Crippen molar-refractivity contribution < 1.29 is 32.3 Å². The van der Waals surface area contributed by atoms with Gasteiger partial charge in [0.25, 0.3) is 5.91 Å². The van der Waals surface area contributed by atoms with Gasteiger partial charge in [-0.2, -0.15) is 13.2 Å². The number of rotatable bonds is 3. The summed E-state index contributed by atoms with van der Waals surface area (Å²) in [6, 6.07) is 10.7. The Kier molecular flexibility index (Phi) is 7.55. The summed E-state index contributed by atoms with van der Waals surface area (Å²) in [7, 11) is 0. The third-order valence-corrected chi connectivity index (χ3v) is 6.62. The minimum Gasteiger partial charge on any atom is -0.475 e. The van der Waals surface area contributed by atoms with Gasteiger partial charge in [-0.15, -0.1) is 11.3 Å². The van der Waals surface area contributed by atoms with E-state index in [1.165, 1.54) is 29.9 Å². The van der Waals surface area contributed by atoms with Crippen LogP contribution in [0, 0.1) is 11.2 Å². The predicted octanol–water partition coefficient (Wildman–Crippen LogP) is 4.65. The Morgan fingerprint density at radius 1 is 1.06 bits per heavy atom. The first-order valence-electron chi connectivity index (χ1n) is 10.2. The first-order chi connectivity index (χ1) is 15.1. The lowest BCUT2D eigenvalue weighted by Gasteiger charge is -2.40. The van der Waals surface area contributed by atoms with Gasteiger partial charge in [-0.05, 0) is 54.9 Å². The van der Waals surface area contributed by atoms with Crippen molar-refractivity contribution in [3.8, 4) is 0 Å². The molecule has 174 valence electrons. The molecule has 2 aromatic rings. The van der Waals surface area contributed by atoms with E-state index in [2.05, 4.69) is 9.80 Å². The average molecular weight is 473 g/mol. The largest absolute Gasteiger partial charge is 0.490 e. The Labute approximate surface area is 187 Å². The summed E-state index contributed by atoms with van der Waals surface area (Å²) in [5.74, 6) is -2.75. The number of carboxylic acids is 1. The van der Waals surface area contributed by atoms with Crippen LogP contribution >= 0.6 is 11.3 Å². The molecular formula is C22H24F4N2O3S. The molecule has 1 atom stereocenters. The van der Waals surface area contributed by atoms with Crippen LogP contribution in [0.2, 0.25) is 0 Å². The SMILES string of the molecule is O=C(O)C(F)(F)F.O=C(c1cccs1)N1CCCC2(CCN(Cc3ccc(F)cc3)C2)C1. The normalized spacial score (nSPS) is 21.3. The Bertz CT molecular complexity index is 918. The number of nitrogens with zero attached hydrogens (tertiary/aromatic N) is 2. The number of benzene rings is 1. The van der Waals surface area contributed by atoms with Crippen molar-refractivity contribution in [3.05, 3.63) is 58.0 Å². The number of halogens is 4. The van der Waals surface area contributed by atoms with E-state index in [0.717, 1.165) is 56.0 Å². The quantitative estimate of drug-likeness (QED) is 0.661. The summed E-state index contributed by atoms with van der Waals surface area (Å²) < 4.78 is 44.8. The number of carbonyl (C=O) groups excluding carboxylic acids is 1. The molecule has 10 heteroatoms. The van der Waals surface area contributed by atoms with E-state index in [9.17, 15) is 22.4 Å². The third-order valence-electron chi connectivity index (χ3n) is 5.76. The van der Waals surface area contributed by atoms with Crippen LogP contribution in [0.5, 0.6) is 0 Å². The summed E-state index contributed by atoms with van der Waals surface area (Å²) in [6.07, 6.45) is -1.66. The molecule has 1 aromatic heterocycles. The Morgan fingerprint density at radius 2 is 1.75 bits per heavy atom. The molecule has 5 nitrogen and oxygen atoms in total. The van der Waals surface area contributed by atoms with E-state index in [1.807, 2.05) is 29.6 Å². The second kappa shape index (κ2) is 9.99. The van der Waals surface area contributed by atoms with E-state index in [-0.39, 0.29) is 17.1 Å². The number of carbonyl (C=O) groups is 2. The molecule has 2 aliphatic rings. The van der Waals surface area contributed by atoms with Crippen molar-refractivity contribution in [1.82, 2.24) is 9.80 Å². The Morgan fingerprint density at radius 3 is 2.34 bits per heavy atom. The van der Waals surface area contributed by atoms with Crippen molar-refractivity contribution in [3.63, 3.8) is 0 Å². The molecule has 1 unspecified atom stereocenters. The van der Waals surface area contributed by atoms with Crippen molar-refractivity contribution in [2.24, 2.45) is 5.41 Å². The minimum absolute atomic E-state index is 0.184. The maximum atomic E-state index is 13.1. The third kappa shape index (κ3) is 6.29. The van der Waals surface area contributed by atoms with Gasteiger partial charge in [0, 0.05) is 31.6 Å². The first-order valence-corrected chi connectivity index (χ1v) is 11.1. The standard InChI is InChI=1S/C20H23FN2OS.C2HF3O2/c21-17-6-4-16(5-7-17)13-22-11-9-20(14-22)8-2-10-23(15-20)19(24)18-3-1-12-25-18;3-2(4,5)1(6)7/h1,3-7,12H,2,8-11,13-15H2;(H,6,7). The molecule has 0 radical (unpaired) electrons. The number of amides is 1. The smallest absolute Gasteiger partial charge is 0.475 e. The van der Waals surface area contributed by atoms with Crippen LogP contribution in [0.4, 0.5) is 17.6 Å². The van der Waals surface area contributed by atoms with Crippen molar-refractivity contribution in [2.75, 3.05) is 26.2 Å². The number of alkyl halides is 3. The molecule has 0 saturated carbocycles. The lowest BCUT2D eigenvalue weighted by Crippen LogP contribution is -2.47. The fourth-order valence-electron chi connectivity index (χ4n) is 4.28. The molecule has 3 heterocycles. The molecule has 32 heavy (non-hydrogen) atoms. The minimum atomic E-state index is -5.08. The van der Waals surface area contributed by atoms with Crippen LogP contribution in [-0.4, -0.2) is 59.1 Å². The monoisotopic (exact) mass is 472 g/mol. The molecule has 0 aliphatic carbocycles. The van der Waals surface area contributed by atoms with Gasteiger partial charge in [-0.1, -0.05) is 18.2 Å². The van der Waals surface area contributed by atoms with Gasteiger partial charge in [-0.25, -0.2) is 9.18 Å². The zero-order valence-corrected chi connectivity index (χ0v) is 18.1. The number of hydrogen-bond acceptors (Lipinski definition) is 4. The highest BCUT2D eigenvalue weighted by molar-refractivity contribution is 7.12. The van der Waals surface area contributed by atoms with Gasteiger partial charge in [0.1, 0.15) is 5.82 Å². The summed E-state index contributed by atoms with van der Waals surface area (Å²) in [5, 5.41) is 9.09. The molecule has 1 N–H and O–H groups in total. The fraction of sp³-hybridized carbons (Fsp3) is 0.455. The van der Waals surface area contributed by atoms with Crippen LogP contribution in [0.15, 0.2) is 41.8 Å². The number of piperidine rings is 1. The molecule has 0 bridgehead atoms.